The number of carbonyl (C=O) groups is 2. The molecule has 1 saturated carbocycles. The molecule has 1 saturated heterocycles. The summed E-state index contributed by atoms with van der Waals surface area (Å²) in [5.41, 5.74) is 0. The maximum atomic E-state index is 11.8. The molecule has 4 nitrogen and oxygen atoms in total. The van der Waals surface area contributed by atoms with Gasteiger partial charge < -0.3 is 10.2 Å². The third-order valence-corrected chi connectivity index (χ3v) is 3.64. The third-order valence-electron chi connectivity index (χ3n) is 3.64. The van der Waals surface area contributed by atoms with E-state index in [0.717, 1.165) is 38.8 Å². The maximum absolute atomic E-state index is 11.8. The van der Waals surface area contributed by atoms with Crippen LogP contribution in [0.15, 0.2) is 24.3 Å². The highest BCUT2D eigenvalue weighted by molar-refractivity contribution is 5.88. The molecular formula is C15H22N2O2. The van der Waals surface area contributed by atoms with Crippen LogP contribution < -0.4 is 5.32 Å². The number of hydrogen-bond acceptors (Lipinski definition) is 2. The minimum absolute atomic E-state index is 0.0602. The van der Waals surface area contributed by atoms with Gasteiger partial charge in [-0.25, -0.2) is 0 Å². The monoisotopic (exact) mass is 262 g/mol. The summed E-state index contributed by atoms with van der Waals surface area (Å²) in [6.45, 7) is 3.38. The normalized spacial score (nSPS) is 21.2. The number of piperidine rings is 1. The Labute approximate surface area is 114 Å². The molecule has 1 heterocycles. The minimum atomic E-state index is 0.0602. The zero-order chi connectivity index (χ0) is 13.7. The predicted molar refractivity (Wildman–Crippen MR) is 74.4 cm³/mol. The fourth-order valence-corrected chi connectivity index (χ4v) is 2.26. The van der Waals surface area contributed by atoms with Crippen molar-refractivity contribution in [3.05, 3.63) is 24.3 Å². The van der Waals surface area contributed by atoms with E-state index in [2.05, 4.69) is 5.32 Å². The Balaban J connectivity index is 1.72. The summed E-state index contributed by atoms with van der Waals surface area (Å²) in [5.74, 6) is 0.534. The number of carbonyl (C=O) groups excluding carboxylic acids is 2. The van der Waals surface area contributed by atoms with Gasteiger partial charge in [0, 0.05) is 31.1 Å². The quantitative estimate of drug-likeness (QED) is 0.618. The highest BCUT2D eigenvalue weighted by Crippen LogP contribution is 2.29. The first-order valence-corrected chi connectivity index (χ1v) is 7.09. The molecule has 4 heteroatoms. The topological polar surface area (TPSA) is 49.4 Å². The zero-order valence-corrected chi connectivity index (χ0v) is 11.5. The fraction of sp³-hybridized carbons (Fsp3) is 0.600. The molecule has 0 aromatic rings. The summed E-state index contributed by atoms with van der Waals surface area (Å²) in [4.78, 5) is 25.3. The molecule has 2 aliphatic rings. The lowest BCUT2D eigenvalue weighted by Gasteiger charge is -2.31. The summed E-state index contributed by atoms with van der Waals surface area (Å²) >= 11 is 0. The van der Waals surface area contributed by atoms with E-state index in [1.54, 1.807) is 12.2 Å². The van der Waals surface area contributed by atoms with Crippen molar-refractivity contribution < 1.29 is 9.59 Å². The number of amides is 2. The lowest BCUT2D eigenvalue weighted by molar-refractivity contribution is -0.127. The molecule has 0 aromatic carbocycles. The molecule has 0 radical (unpaired) electrons. The highest BCUT2D eigenvalue weighted by atomic mass is 16.2. The van der Waals surface area contributed by atoms with Crippen molar-refractivity contribution in [1.29, 1.82) is 0 Å². The summed E-state index contributed by atoms with van der Waals surface area (Å²) in [5, 5.41) is 3.09. The van der Waals surface area contributed by atoms with Gasteiger partial charge in [-0.3, -0.25) is 9.59 Å². The number of allylic oxidation sites excluding steroid dienone is 3. The second-order valence-electron chi connectivity index (χ2n) is 5.27. The molecule has 0 aromatic heterocycles. The van der Waals surface area contributed by atoms with Crippen molar-refractivity contribution in [2.75, 3.05) is 13.1 Å². The van der Waals surface area contributed by atoms with Gasteiger partial charge in [0.1, 0.15) is 0 Å². The molecule has 0 unspecified atom stereocenters. The van der Waals surface area contributed by atoms with E-state index < -0.39 is 0 Å². The average Bonchev–Trinajstić information content (AvgIpc) is 3.24. The van der Waals surface area contributed by atoms with Gasteiger partial charge in [0.15, 0.2) is 0 Å². The van der Waals surface area contributed by atoms with Crippen molar-refractivity contribution >= 4 is 11.8 Å². The van der Waals surface area contributed by atoms with Gasteiger partial charge in [-0.15, -0.1) is 0 Å². The van der Waals surface area contributed by atoms with Crippen LogP contribution in [-0.4, -0.2) is 35.8 Å². The van der Waals surface area contributed by atoms with E-state index in [0.29, 0.717) is 0 Å². The Morgan fingerprint density at radius 3 is 2.37 bits per heavy atom. The lowest BCUT2D eigenvalue weighted by atomic mass is 10.0. The van der Waals surface area contributed by atoms with Crippen LogP contribution in [0.4, 0.5) is 0 Å². The first-order chi connectivity index (χ1) is 9.20. The maximum Gasteiger partial charge on any atom is 0.246 e. The summed E-state index contributed by atoms with van der Waals surface area (Å²) in [7, 11) is 0. The summed E-state index contributed by atoms with van der Waals surface area (Å²) < 4.78 is 0. The van der Waals surface area contributed by atoms with Gasteiger partial charge in [-0.05, 0) is 32.6 Å². The fourth-order valence-electron chi connectivity index (χ4n) is 2.26. The summed E-state index contributed by atoms with van der Waals surface area (Å²) in [6, 6.07) is 0.247. The average molecular weight is 262 g/mol. The van der Waals surface area contributed by atoms with Gasteiger partial charge in [0.2, 0.25) is 11.8 Å². The number of nitrogens with zero attached hydrogens (tertiary/aromatic N) is 1. The molecule has 104 valence electrons. The Hall–Kier alpha value is -1.58. The number of rotatable bonds is 4. The van der Waals surface area contributed by atoms with Crippen LogP contribution in [0.5, 0.6) is 0 Å². The van der Waals surface area contributed by atoms with E-state index in [-0.39, 0.29) is 23.8 Å². The Bertz CT molecular complexity index is 389. The van der Waals surface area contributed by atoms with E-state index in [4.69, 9.17) is 0 Å². The second kappa shape index (κ2) is 6.55. The van der Waals surface area contributed by atoms with Crippen LogP contribution in [-0.2, 0) is 9.59 Å². The van der Waals surface area contributed by atoms with Gasteiger partial charge in [-0.1, -0.05) is 18.2 Å². The van der Waals surface area contributed by atoms with Crippen molar-refractivity contribution in [3.8, 4) is 0 Å². The van der Waals surface area contributed by atoms with Gasteiger partial charge >= 0.3 is 0 Å². The van der Waals surface area contributed by atoms with Gasteiger partial charge in [0.05, 0.1) is 0 Å². The molecule has 0 atom stereocenters. The van der Waals surface area contributed by atoms with Gasteiger partial charge in [0.25, 0.3) is 0 Å². The number of hydrogen-bond donors (Lipinski definition) is 1. The molecule has 19 heavy (non-hydrogen) atoms. The first-order valence-electron chi connectivity index (χ1n) is 7.09. The molecule has 2 amide bonds. The Morgan fingerprint density at radius 2 is 1.79 bits per heavy atom. The lowest BCUT2D eigenvalue weighted by Crippen LogP contribution is -2.46. The molecule has 2 fully saturated rings. The Morgan fingerprint density at radius 1 is 1.11 bits per heavy atom. The molecular weight excluding hydrogens is 240 g/mol. The van der Waals surface area contributed by atoms with Crippen LogP contribution in [0, 0.1) is 5.92 Å². The van der Waals surface area contributed by atoms with Crippen molar-refractivity contribution in [2.24, 2.45) is 5.92 Å². The number of nitrogens with one attached hydrogen (secondary N) is 1. The molecule has 1 aliphatic carbocycles. The van der Waals surface area contributed by atoms with Crippen molar-refractivity contribution in [3.63, 3.8) is 0 Å². The van der Waals surface area contributed by atoms with Gasteiger partial charge in [-0.2, -0.15) is 0 Å². The first kappa shape index (κ1) is 13.8. The second-order valence-corrected chi connectivity index (χ2v) is 5.27. The van der Waals surface area contributed by atoms with Crippen molar-refractivity contribution in [2.45, 2.75) is 38.6 Å². The Kier molecular flexibility index (Phi) is 4.77. The smallest absolute Gasteiger partial charge is 0.246 e. The standard InChI is InChI=1S/C15H22N2O2/c1-2-3-4-5-14(18)17-10-8-13(9-11-17)16-15(19)12-6-7-12/h2-5,12-13H,6-11H2,1H3,(H,16,19)/b3-2+,5-4+. The van der Waals surface area contributed by atoms with Crippen LogP contribution >= 0.6 is 0 Å². The molecule has 0 spiro atoms. The van der Waals surface area contributed by atoms with Crippen LogP contribution in [0.1, 0.15) is 32.6 Å². The van der Waals surface area contributed by atoms with Crippen LogP contribution in [0.25, 0.3) is 0 Å². The largest absolute Gasteiger partial charge is 0.353 e. The molecule has 1 aliphatic heterocycles. The van der Waals surface area contributed by atoms with Crippen molar-refractivity contribution in [1.82, 2.24) is 10.2 Å². The molecule has 1 N–H and O–H groups in total. The summed E-state index contributed by atoms with van der Waals surface area (Å²) in [6.07, 6.45) is 10.9. The third kappa shape index (κ3) is 4.23. The predicted octanol–water partition coefficient (Wildman–Crippen LogP) is 1.64. The van der Waals surface area contributed by atoms with E-state index >= 15 is 0 Å². The van der Waals surface area contributed by atoms with Crippen LogP contribution in [0.2, 0.25) is 0 Å². The molecule has 0 bridgehead atoms. The minimum Gasteiger partial charge on any atom is -0.353 e. The molecule has 2 rings (SSSR count). The zero-order valence-electron chi connectivity index (χ0n) is 11.5. The van der Waals surface area contributed by atoms with E-state index in [1.807, 2.05) is 24.0 Å². The van der Waals surface area contributed by atoms with E-state index in [1.165, 1.54) is 0 Å². The SMILES string of the molecule is C/C=C/C=C/C(=O)N1CCC(NC(=O)C2CC2)CC1. The van der Waals surface area contributed by atoms with E-state index in [9.17, 15) is 9.59 Å². The number of likely N-dealkylation sites (tertiary alicyclic amines) is 1. The van der Waals surface area contributed by atoms with Crippen LogP contribution in [0.3, 0.4) is 0 Å². The highest BCUT2D eigenvalue weighted by Gasteiger charge is 2.32.